The van der Waals surface area contributed by atoms with Crippen LogP contribution in [0.3, 0.4) is 0 Å². The molecule has 1 amide bonds. The minimum atomic E-state index is -4.80. The SMILES string of the molecule is COC(=O)c1ccc(-c2nn(C(=O)c3c(C)cccc3C(F)(F)F)c3cc(C(=O)NCC(C)=O)ccc23)cc1. The fraction of sp³-hybridized carbons (Fsp3) is 0.179. The number of alkyl halides is 3. The van der Waals surface area contributed by atoms with Crippen LogP contribution in [0.1, 0.15) is 49.1 Å². The number of nitrogens with one attached hydrogen (secondary N) is 1. The molecule has 0 atom stereocenters. The fourth-order valence-electron chi connectivity index (χ4n) is 4.11. The summed E-state index contributed by atoms with van der Waals surface area (Å²) in [7, 11) is 1.24. The van der Waals surface area contributed by atoms with Gasteiger partial charge in [-0.15, -0.1) is 0 Å². The number of ketones is 1. The van der Waals surface area contributed by atoms with Gasteiger partial charge in [-0.3, -0.25) is 14.4 Å². The van der Waals surface area contributed by atoms with Gasteiger partial charge in [0.15, 0.2) is 0 Å². The Labute approximate surface area is 220 Å². The lowest BCUT2D eigenvalue weighted by Crippen LogP contribution is -2.28. The average molecular weight is 537 g/mol. The molecule has 1 N–H and O–H groups in total. The van der Waals surface area contributed by atoms with Crippen LogP contribution in [0.25, 0.3) is 22.2 Å². The predicted molar refractivity (Wildman–Crippen MR) is 135 cm³/mol. The van der Waals surface area contributed by atoms with Crippen molar-refractivity contribution in [2.75, 3.05) is 13.7 Å². The quantitative estimate of drug-likeness (QED) is 0.353. The van der Waals surface area contributed by atoms with E-state index in [1.807, 2.05) is 0 Å². The summed E-state index contributed by atoms with van der Waals surface area (Å²) in [5.41, 5.74) is -0.464. The lowest BCUT2D eigenvalue weighted by atomic mass is 10.0. The number of esters is 1. The number of carbonyl (C=O) groups is 4. The zero-order valence-electron chi connectivity index (χ0n) is 21.1. The van der Waals surface area contributed by atoms with Crippen LogP contribution < -0.4 is 5.32 Å². The molecule has 0 aliphatic heterocycles. The minimum Gasteiger partial charge on any atom is -0.465 e. The van der Waals surface area contributed by atoms with Crippen LogP contribution in [0.2, 0.25) is 0 Å². The summed E-state index contributed by atoms with van der Waals surface area (Å²) in [5, 5.41) is 7.19. The fourth-order valence-corrected chi connectivity index (χ4v) is 4.11. The van der Waals surface area contributed by atoms with Crippen LogP contribution in [0, 0.1) is 6.92 Å². The van der Waals surface area contributed by atoms with E-state index in [1.54, 1.807) is 12.1 Å². The second kappa shape index (κ2) is 10.5. The molecule has 0 saturated carbocycles. The Kier molecular flexibility index (Phi) is 7.35. The van der Waals surface area contributed by atoms with Gasteiger partial charge in [-0.1, -0.05) is 24.3 Å². The maximum Gasteiger partial charge on any atom is 0.417 e. The van der Waals surface area contributed by atoms with Crippen LogP contribution in [-0.2, 0) is 15.7 Å². The van der Waals surface area contributed by atoms with E-state index in [0.29, 0.717) is 10.9 Å². The molecule has 0 saturated heterocycles. The molecule has 200 valence electrons. The molecule has 4 rings (SSSR count). The molecule has 8 nitrogen and oxygen atoms in total. The smallest absolute Gasteiger partial charge is 0.417 e. The first-order valence-corrected chi connectivity index (χ1v) is 11.6. The number of aromatic nitrogens is 2. The highest BCUT2D eigenvalue weighted by atomic mass is 19.4. The van der Waals surface area contributed by atoms with Crippen LogP contribution in [0.5, 0.6) is 0 Å². The van der Waals surface area contributed by atoms with Crippen molar-refractivity contribution in [2.45, 2.75) is 20.0 Å². The van der Waals surface area contributed by atoms with Gasteiger partial charge in [0.05, 0.1) is 35.9 Å². The molecule has 39 heavy (non-hydrogen) atoms. The second-order valence-corrected chi connectivity index (χ2v) is 8.75. The molecular weight excluding hydrogens is 515 g/mol. The van der Waals surface area contributed by atoms with Crippen LogP contribution >= 0.6 is 0 Å². The lowest BCUT2D eigenvalue weighted by molar-refractivity contribution is -0.138. The Morgan fingerprint density at radius 2 is 1.64 bits per heavy atom. The Bertz CT molecular complexity index is 1620. The number of amides is 1. The minimum absolute atomic E-state index is 0.0751. The van der Waals surface area contributed by atoms with Gasteiger partial charge in [-0.2, -0.15) is 23.0 Å². The molecule has 0 spiro atoms. The van der Waals surface area contributed by atoms with Crippen LogP contribution in [0.15, 0.2) is 60.7 Å². The van der Waals surface area contributed by atoms with Crippen molar-refractivity contribution in [2.24, 2.45) is 0 Å². The molecule has 0 aliphatic carbocycles. The summed E-state index contributed by atoms with van der Waals surface area (Å²) in [5.74, 6) is -2.48. The van der Waals surface area contributed by atoms with E-state index in [-0.39, 0.29) is 40.2 Å². The van der Waals surface area contributed by atoms with E-state index in [4.69, 9.17) is 4.74 Å². The largest absolute Gasteiger partial charge is 0.465 e. The standard InChI is InChI=1S/C28H22F3N3O5/c1-15-5-4-6-21(28(29,30)31)23(15)26(37)34-22-13-19(25(36)32-14-16(2)35)11-12-20(22)24(33-34)17-7-9-18(10-8-17)27(38)39-3/h4-13H,14H2,1-3H3,(H,32,36). The number of rotatable bonds is 6. The maximum absolute atomic E-state index is 13.8. The van der Waals surface area contributed by atoms with Crippen molar-refractivity contribution >= 4 is 34.5 Å². The highest BCUT2D eigenvalue weighted by molar-refractivity contribution is 6.08. The lowest BCUT2D eigenvalue weighted by Gasteiger charge is -2.14. The summed E-state index contributed by atoms with van der Waals surface area (Å²) in [6, 6.07) is 13.8. The third kappa shape index (κ3) is 5.42. The molecule has 0 fully saturated rings. The molecule has 3 aromatic carbocycles. The Balaban J connectivity index is 1.92. The van der Waals surface area contributed by atoms with Crippen molar-refractivity contribution in [1.82, 2.24) is 15.1 Å². The van der Waals surface area contributed by atoms with Crippen LogP contribution in [-0.4, -0.2) is 47.0 Å². The molecule has 0 radical (unpaired) electrons. The zero-order valence-corrected chi connectivity index (χ0v) is 21.1. The number of Topliss-reactive ketones (excluding diaryl/α,β-unsaturated/α-hetero) is 1. The number of hydrogen-bond acceptors (Lipinski definition) is 6. The normalized spacial score (nSPS) is 11.3. The van der Waals surface area contributed by atoms with Crippen molar-refractivity contribution in [1.29, 1.82) is 0 Å². The van der Waals surface area contributed by atoms with Gasteiger partial charge in [0.1, 0.15) is 11.5 Å². The number of hydrogen-bond donors (Lipinski definition) is 1. The highest BCUT2D eigenvalue weighted by Crippen LogP contribution is 2.35. The first kappa shape index (κ1) is 27.2. The number of ether oxygens (including phenoxy) is 1. The highest BCUT2D eigenvalue weighted by Gasteiger charge is 2.37. The average Bonchev–Trinajstić information content (AvgIpc) is 3.29. The number of nitrogens with zero attached hydrogens (tertiary/aromatic N) is 2. The third-order valence-electron chi connectivity index (χ3n) is 6.00. The summed E-state index contributed by atoms with van der Waals surface area (Å²) in [4.78, 5) is 49.4. The molecule has 1 heterocycles. The Morgan fingerprint density at radius 1 is 0.974 bits per heavy atom. The van der Waals surface area contributed by atoms with Crippen molar-refractivity contribution < 1.29 is 37.1 Å². The number of aryl methyl sites for hydroxylation is 1. The summed E-state index contributed by atoms with van der Waals surface area (Å²) in [6.07, 6.45) is -4.80. The maximum atomic E-state index is 13.8. The van der Waals surface area contributed by atoms with Crippen LogP contribution in [0.4, 0.5) is 13.2 Å². The summed E-state index contributed by atoms with van der Waals surface area (Å²) in [6.45, 7) is 2.47. The van der Waals surface area contributed by atoms with Gasteiger partial charge >= 0.3 is 12.1 Å². The van der Waals surface area contributed by atoms with E-state index in [1.165, 1.54) is 63.4 Å². The molecule has 4 aromatic rings. The zero-order chi connectivity index (χ0) is 28.5. The van der Waals surface area contributed by atoms with Gasteiger partial charge in [0, 0.05) is 16.5 Å². The second-order valence-electron chi connectivity index (χ2n) is 8.75. The number of benzene rings is 3. The summed E-state index contributed by atoms with van der Waals surface area (Å²) >= 11 is 0. The van der Waals surface area contributed by atoms with E-state index in [9.17, 15) is 32.3 Å². The number of carbonyl (C=O) groups excluding carboxylic acids is 4. The molecule has 0 aliphatic rings. The Morgan fingerprint density at radius 3 is 2.26 bits per heavy atom. The van der Waals surface area contributed by atoms with Gasteiger partial charge < -0.3 is 10.1 Å². The first-order chi connectivity index (χ1) is 18.4. The number of halogens is 3. The topological polar surface area (TPSA) is 107 Å². The van der Waals surface area contributed by atoms with Crippen molar-refractivity contribution in [3.63, 3.8) is 0 Å². The summed E-state index contributed by atoms with van der Waals surface area (Å²) < 4.78 is 47.1. The third-order valence-corrected chi connectivity index (χ3v) is 6.00. The first-order valence-electron chi connectivity index (χ1n) is 11.6. The van der Waals surface area contributed by atoms with Gasteiger partial charge in [-0.05, 0) is 55.8 Å². The van der Waals surface area contributed by atoms with Crippen molar-refractivity contribution in [3.8, 4) is 11.3 Å². The molecule has 1 aromatic heterocycles. The van der Waals surface area contributed by atoms with E-state index >= 15 is 0 Å². The molecule has 11 heteroatoms. The number of fused-ring (bicyclic) bond motifs is 1. The van der Waals surface area contributed by atoms with Gasteiger partial charge in [0.25, 0.3) is 11.8 Å². The number of methoxy groups -OCH3 is 1. The van der Waals surface area contributed by atoms with Crippen molar-refractivity contribution in [3.05, 3.63) is 88.5 Å². The Hall–Kier alpha value is -4.80. The predicted octanol–water partition coefficient (Wildman–Crippen LogP) is 4.82. The van der Waals surface area contributed by atoms with Gasteiger partial charge in [-0.25, -0.2) is 4.79 Å². The molecular formula is C28H22F3N3O5. The van der Waals surface area contributed by atoms with E-state index < -0.39 is 35.1 Å². The van der Waals surface area contributed by atoms with Gasteiger partial charge in [0.2, 0.25) is 0 Å². The van der Waals surface area contributed by atoms with E-state index in [2.05, 4.69) is 10.4 Å². The monoisotopic (exact) mass is 537 g/mol. The molecule has 0 bridgehead atoms. The van der Waals surface area contributed by atoms with E-state index in [0.717, 1.165) is 10.7 Å². The molecule has 0 unspecified atom stereocenters.